The van der Waals surface area contributed by atoms with Gasteiger partial charge in [0, 0.05) is 7.05 Å². The molecule has 6 nitrogen and oxygen atoms in total. The van der Waals surface area contributed by atoms with Crippen molar-refractivity contribution in [3.05, 3.63) is 0 Å². The largest absolute Gasteiger partial charge is 0.444 e. The normalized spacial score (nSPS) is 12.4. The van der Waals surface area contributed by atoms with Crippen molar-refractivity contribution in [2.24, 2.45) is 10.9 Å². The molecule has 0 aliphatic rings. The van der Waals surface area contributed by atoms with Crippen molar-refractivity contribution < 1.29 is 14.7 Å². The molecule has 0 unspecified atom stereocenters. The van der Waals surface area contributed by atoms with Crippen molar-refractivity contribution in [1.82, 2.24) is 4.90 Å². The van der Waals surface area contributed by atoms with E-state index >= 15 is 0 Å². The molecule has 82 valence electrons. The molecule has 0 aromatic heterocycles. The molecule has 6 heteroatoms. The quantitative estimate of drug-likeness (QED) is 0.298. The first-order chi connectivity index (χ1) is 6.26. The number of hydrogen-bond donors (Lipinski definition) is 2. The van der Waals surface area contributed by atoms with Gasteiger partial charge in [0.05, 0.1) is 6.54 Å². The van der Waals surface area contributed by atoms with Crippen molar-refractivity contribution in [1.29, 1.82) is 0 Å². The smallest absolute Gasteiger partial charge is 0.410 e. The van der Waals surface area contributed by atoms with Crippen LogP contribution < -0.4 is 5.73 Å². The average molecular weight is 203 g/mol. The maximum absolute atomic E-state index is 11.3. The number of carbonyl (C=O) groups is 1. The van der Waals surface area contributed by atoms with E-state index in [1.807, 2.05) is 0 Å². The van der Waals surface area contributed by atoms with Crippen LogP contribution in [0, 0.1) is 0 Å². The second-order valence-corrected chi connectivity index (χ2v) is 3.93. The first-order valence-corrected chi connectivity index (χ1v) is 4.17. The Labute approximate surface area is 83.3 Å². The minimum absolute atomic E-state index is 0.0331. The van der Waals surface area contributed by atoms with Gasteiger partial charge in [-0.3, -0.25) is 0 Å². The molecule has 0 fully saturated rings. The molecule has 0 aliphatic carbocycles. The highest BCUT2D eigenvalue weighted by molar-refractivity contribution is 5.84. The van der Waals surface area contributed by atoms with Crippen molar-refractivity contribution >= 4 is 11.9 Å². The molecule has 0 aromatic carbocycles. The lowest BCUT2D eigenvalue weighted by Gasteiger charge is -2.24. The third-order valence-electron chi connectivity index (χ3n) is 1.23. The lowest BCUT2D eigenvalue weighted by molar-refractivity contribution is 0.0322. The summed E-state index contributed by atoms with van der Waals surface area (Å²) >= 11 is 0. The zero-order valence-corrected chi connectivity index (χ0v) is 8.94. The van der Waals surface area contributed by atoms with Crippen LogP contribution in [0.15, 0.2) is 5.16 Å². The van der Waals surface area contributed by atoms with Crippen LogP contribution in [0.1, 0.15) is 20.8 Å². The summed E-state index contributed by atoms with van der Waals surface area (Å²) in [5.74, 6) is -0.0432. The summed E-state index contributed by atoms with van der Waals surface area (Å²) in [6, 6.07) is 0. The van der Waals surface area contributed by atoms with Gasteiger partial charge >= 0.3 is 6.09 Å². The standard InChI is InChI=1S/C8H17N3O3/c1-8(2,3)14-7(12)11(4)5-6(9)10-13/h13H,5H2,1-4H3,(H2,9,10). The maximum atomic E-state index is 11.3. The second kappa shape index (κ2) is 4.69. The Kier molecular flexibility index (Phi) is 4.20. The first kappa shape index (κ1) is 12.5. The van der Waals surface area contributed by atoms with Crippen molar-refractivity contribution in [3.8, 4) is 0 Å². The van der Waals surface area contributed by atoms with Gasteiger partial charge in [-0.25, -0.2) is 4.79 Å². The van der Waals surface area contributed by atoms with E-state index in [9.17, 15) is 4.79 Å². The van der Waals surface area contributed by atoms with E-state index in [1.54, 1.807) is 20.8 Å². The summed E-state index contributed by atoms with van der Waals surface area (Å²) in [5.41, 5.74) is 4.68. The van der Waals surface area contributed by atoms with Crippen LogP contribution >= 0.6 is 0 Å². The predicted octanol–water partition coefficient (Wildman–Crippen LogP) is 0.600. The van der Waals surface area contributed by atoms with Gasteiger partial charge in [-0.2, -0.15) is 0 Å². The van der Waals surface area contributed by atoms with Gasteiger partial charge in [0.2, 0.25) is 0 Å². The Balaban J connectivity index is 4.14. The fourth-order valence-corrected chi connectivity index (χ4v) is 0.679. The van der Waals surface area contributed by atoms with Gasteiger partial charge in [0.25, 0.3) is 0 Å². The predicted molar refractivity (Wildman–Crippen MR) is 52.3 cm³/mol. The van der Waals surface area contributed by atoms with Crippen LogP contribution in [0.3, 0.4) is 0 Å². The number of hydrogen-bond acceptors (Lipinski definition) is 4. The van der Waals surface area contributed by atoms with E-state index in [4.69, 9.17) is 15.7 Å². The number of amidine groups is 1. The number of ether oxygens (including phenoxy) is 1. The molecule has 0 bridgehead atoms. The van der Waals surface area contributed by atoms with Gasteiger partial charge < -0.3 is 20.6 Å². The Morgan fingerprint density at radius 1 is 1.57 bits per heavy atom. The topological polar surface area (TPSA) is 88.1 Å². The number of oxime groups is 1. The monoisotopic (exact) mass is 203 g/mol. The Hall–Kier alpha value is -1.46. The number of nitrogens with two attached hydrogens (primary N) is 1. The SMILES string of the molecule is CN(C/C(N)=N\O)C(=O)OC(C)(C)C. The molecule has 0 saturated carbocycles. The van der Waals surface area contributed by atoms with Crippen LogP contribution in [0.4, 0.5) is 4.79 Å². The van der Waals surface area contributed by atoms with Crippen LogP contribution in [-0.4, -0.2) is 41.2 Å². The number of amides is 1. The highest BCUT2D eigenvalue weighted by Gasteiger charge is 2.19. The lowest BCUT2D eigenvalue weighted by Crippen LogP contribution is -2.39. The zero-order valence-electron chi connectivity index (χ0n) is 8.94. The van der Waals surface area contributed by atoms with Gasteiger partial charge in [0.1, 0.15) is 5.60 Å². The molecule has 3 N–H and O–H groups in total. The third-order valence-corrected chi connectivity index (χ3v) is 1.23. The summed E-state index contributed by atoms with van der Waals surface area (Å²) < 4.78 is 5.04. The van der Waals surface area contributed by atoms with E-state index in [2.05, 4.69) is 5.16 Å². The van der Waals surface area contributed by atoms with E-state index in [0.29, 0.717) is 0 Å². The molecule has 0 saturated heterocycles. The summed E-state index contributed by atoms with van der Waals surface area (Å²) in [7, 11) is 1.51. The minimum Gasteiger partial charge on any atom is -0.444 e. The number of likely N-dealkylation sites (N-methyl/N-ethyl adjacent to an activating group) is 1. The van der Waals surface area contributed by atoms with Crippen LogP contribution in [-0.2, 0) is 4.74 Å². The van der Waals surface area contributed by atoms with Crippen molar-refractivity contribution in [2.75, 3.05) is 13.6 Å². The van der Waals surface area contributed by atoms with Crippen LogP contribution in [0.5, 0.6) is 0 Å². The van der Waals surface area contributed by atoms with Crippen molar-refractivity contribution in [3.63, 3.8) is 0 Å². The molecule has 0 radical (unpaired) electrons. The van der Waals surface area contributed by atoms with Gasteiger partial charge in [0.15, 0.2) is 5.84 Å². The first-order valence-electron chi connectivity index (χ1n) is 4.17. The fourth-order valence-electron chi connectivity index (χ4n) is 0.679. The van der Waals surface area contributed by atoms with Crippen LogP contribution in [0.25, 0.3) is 0 Å². The number of rotatable bonds is 2. The molecule has 0 heterocycles. The fraction of sp³-hybridized carbons (Fsp3) is 0.750. The van der Waals surface area contributed by atoms with Gasteiger partial charge in [-0.15, -0.1) is 0 Å². The molecule has 0 spiro atoms. The van der Waals surface area contributed by atoms with Gasteiger partial charge in [-0.1, -0.05) is 5.16 Å². The lowest BCUT2D eigenvalue weighted by atomic mass is 10.2. The Morgan fingerprint density at radius 2 is 2.07 bits per heavy atom. The summed E-state index contributed by atoms with van der Waals surface area (Å²) in [5, 5.41) is 11.0. The molecule has 1 amide bonds. The van der Waals surface area contributed by atoms with E-state index in [0.717, 1.165) is 0 Å². The van der Waals surface area contributed by atoms with Gasteiger partial charge in [-0.05, 0) is 20.8 Å². The summed E-state index contributed by atoms with van der Waals surface area (Å²) in [6.07, 6.45) is -0.510. The highest BCUT2D eigenvalue weighted by Crippen LogP contribution is 2.08. The van der Waals surface area contributed by atoms with Crippen molar-refractivity contribution in [2.45, 2.75) is 26.4 Å². The van der Waals surface area contributed by atoms with E-state index in [-0.39, 0.29) is 12.4 Å². The van der Waals surface area contributed by atoms with E-state index < -0.39 is 11.7 Å². The molecule has 0 rings (SSSR count). The number of nitrogens with zero attached hydrogens (tertiary/aromatic N) is 2. The zero-order chi connectivity index (χ0) is 11.4. The molecule has 14 heavy (non-hydrogen) atoms. The number of carbonyl (C=O) groups excluding carboxylic acids is 1. The van der Waals surface area contributed by atoms with Crippen LogP contribution in [0.2, 0.25) is 0 Å². The Morgan fingerprint density at radius 3 is 2.43 bits per heavy atom. The summed E-state index contributed by atoms with van der Waals surface area (Å²) in [4.78, 5) is 12.5. The molecule has 0 aromatic rings. The Bertz CT molecular complexity index is 232. The van der Waals surface area contributed by atoms with E-state index in [1.165, 1.54) is 11.9 Å². The summed E-state index contributed by atoms with van der Waals surface area (Å²) in [6.45, 7) is 5.33. The molecule has 0 atom stereocenters. The molecule has 0 aliphatic heterocycles. The second-order valence-electron chi connectivity index (χ2n) is 3.93. The highest BCUT2D eigenvalue weighted by atomic mass is 16.6. The third kappa shape index (κ3) is 5.23. The molecular formula is C8H17N3O3. The minimum atomic E-state index is -0.545. The maximum Gasteiger partial charge on any atom is 0.410 e. The molecular weight excluding hydrogens is 186 g/mol. The average Bonchev–Trinajstić information content (AvgIpc) is 2.00.